The van der Waals surface area contributed by atoms with E-state index in [-0.39, 0.29) is 19.0 Å². The zero-order valence-electron chi connectivity index (χ0n) is 17.1. The smallest absolute Gasteiger partial charge is 0.344 e. The van der Waals surface area contributed by atoms with E-state index in [1.165, 1.54) is 12.7 Å². The van der Waals surface area contributed by atoms with Gasteiger partial charge in [0.05, 0.1) is 14.2 Å². The van der Waals surface area contributed by atoms with E-state index in [1.54, 1.807) is 7.11 Å². The predicted molar refractivity (Wildman–Crippen MR) is 107 cm³/mol. The fourth-order valence-corrected chi connectivity index (χ4v) is 4.31. The lowest BCUT2D eigenvalue weighted by atomic mass is 10.1. The first-order valence-electron chi connectivity index (χ1n) is 9.98. The highest BCUT2D eigenvalue weighted by molar-refractivity contribution is 5.98. The van der Waals surface area contributed by atoms with E-state index in [2.05, 4.69) is 15.9 Å². The van der Waals surface area contributed by atoms with Crippen molar-refractivity contribution in [3.05, 3.63) is 47.0 Å². The Morgan fingerprint density at radius 2 is 1.80 bits per heavy atom. The second-order valence-corrected chi connectivity index (χ2v) is 7.52. The second-order valence-electron chi connectivity index (χ2n) is 7.52. The third-order valence-electron chi connectivity index (χ3n) is 5.85. The number of fused-ring (bicyclic) bond motifs is 2. The standard InChI is InChI=1S/C22H24N2O6/c1-26-17-6-4-15-19(20(17)27-2)22(25)30-21(15)24-9-7-23(8-10-24)12-14-3-5-16-18(11-14)29-13-28-16/h3-6,11,21H,7-10,12-13H2,1-2H3/t21-/m1/s1. The van der Waals surface area contributed by atoms with Crippen LogP contribution in [0.4, 0.5) is 0 Å². The molecule has 3 aliphatic rings. The van der Waals surface area contributed by atoms with Crippen LogP contribution in [0.25, 0.3) is 0 Å². The van der Waals surface area contributed by atoms with Crippen LogP contribution in [0.5, 0.6) is 23.0 Å². The summed E-state index contributed by atoms with van der Waals surface area (Å²) in [5.41, 5.74) is 2.49. The van der Waals surface area contributed by atoms with Crippen molar-refractivity contribution in [2.24, 2.45) is 0 Å². The maximum absolute atomic E-state index is 12.5. The Labute approximate surface area is 174 Å². The van der Waals surface area contributed by atoms with Gasteiger partial charge < -0.3 is 23.7 Å². The van der Waals surface area contributed by atoms with Gasteiger partial charge in [-0.3, -0.25) is 9.80 Å². The lowest BCUT2D eigenvalue weighted by molar-refractivity contribution is -0.0419. The highest BCUT2D eigenvalue weighted by Crippen LogP contribution is 2.43. The molecule has 0 aliphatic carbocycles. The lowest BCUT2D eigenvalue weighted by Gasteiger charge is -2.37. The van der Waals surface area contributed by atoms with Crippen molar-refractivity contribution in [1.29, 1.82) is 0 Å². The molecule has 1 atom stereocenters. The summed E-state index contributed by atoms with van der Waals surface area (Å²) in [6.45, 7) is 4.50. The van der Waals surface area contributed by atoms with E-state index >= 15 is 0 Å². The summed E-state index contributed by atoms with van der Waals surface area (Å²) in [6.07, 6.45) is -0.389. The third-order valence-corrected chi connectivity index (χ3v) is 5.85. The first-order valence-corrected chi connectivity index (χ1v) is 9.98. The van der Waals surface area contributed by atoms with Crippen LogP contribution in [-0.2, 0) is 11.3 Å². The van der Waals surface area contributed by atoms with E-state index in [0.717, 1.165) is 49.8 Å². The summed E-state index contributed by atoms with van der Waals surface area (Å²) in [5.74, 6) is 2.21. The summed E-state index contributed by atoms with van der Waals surface area (Å²) in [6, 6.07) is 9.80. The Balaban J connectivity index is 1.26. The monoisotopic (exact) mass is 412 g/mol. The van der Waals surface area contributed by atoms with Gasteiger partial charge in [0, 0.05) is 38.3 Å². The van der Waals surface area contributed by atoms with Gasteiger partial charge >= 0.3 is 5.97 Å². The number of ether oxygens (including phenoxy) is 5. The van der Waals surface area contributed by atoms with Gasteiger partial charge in [-0.25, -0.2) is 4.79 Å². The van der Waals surface area contributed by atoms with Crippen LogP contribution in [0.2, 0.25) is 0 Å². The topological polar surface area (TPSA) is 69.7 Å². The van der Waals surface area contributed by atoms with Crippen molar-refractivity contribution in [1.82, 2.24) is 9.80 Å². The molecule has 3 heterocycles. The SMILES string of the molecule is COc1ccc2c(c1OC)C(=O)O[C@H]2N1CCN(Cc2ccc3c(c2)OCO3)CC1. The number of rotatable bonds is 5. The normalized spacial score (nSPS) is 20.7. The first-order chi connectivity index (χ1) is 14.7. The number of benzene rings is 2. The number of piperazine rings is 1. The highest BCUT2D eigenvalue weighted by Gasteiger charge is 2.39. The molecule has 3 aliphatic heterocycles. The van der Waals surface area contributed by atoms with Crippen LogP contribution in [0.3, 0.4) is 0 Å². The Hall–Kier alpha value is -2.97. The van der Waals surface area contributed by atoms with E-state index in [1.807, 2.05) is 24.3 Å². The van der Waals surface area contributed by atoms with Gasteiger partial charge in [0.2, 0.25) is 6.79 Å². The van der Waals surface area contributed by atoms with Crippen molar-refractivity contribution in [3.8, 4) is 23.0 Å². The summed E-state index contributed by atoms with van der Waals surface area (Å²) >= 11 is 0. The van der Waals surface area contributed by atoms with Crippen LogP contribution in [0.15, 0.2) is 30.3 Å². The quantitative estimate of drug-likeness (QED) is 0.694. The lowest BCUT2D eigenvalue weighted by Crippen LogP contribution is -2.47. The van der Waals surface area contributed by atoms with E-state index in [0.29, 0.717) is 17.1 Å². The van der Waals surface area contributed by atoms with Gasteiger partial charge in [-0.2, -0.15) is 0 Å². The van der Waals surface area contributed by atoms with Crippen LogP contribution in [0, 0.1) is 0 Å². The van der Waals surface area contributed by atoms with Crippen LogP contribution < -0.4 is 18.9 Å². The van der Waals surface area contributed by atoms with Crippen molar-refractivity contribution in [3.63, 3.8) is 0 Å². The number of esters is 1. The molecule has 158 valence electrons. The number of methoxy groups -OCH3 is 2. The molecule has 0 saturated carbocycles. The molecule has 0 radical (unpaired) electrons. The summed E-state index contributed by atoms with van der Waals surface area (Å²) in [7, 11) is 3.09. The number of cyclic esters (lactones) is 1. The summed E-state index contributed by atoms with van der Waals surface area (Å²) in [4.78, 5) is 17.1. The zero-order chi connectivity index (χ0) is 20.7. The fraction of sp³-hybridized carbons (Fsp3) is 0.409. The molecule has 0 spiro atoms. The molecular formula is C22H24N2O6. The molecule has 2 aromatic rings. The molecule has 0 bridgehead atoms. The molecule has 2 aromatic carbocycles. The Morgan fingerprint density at radius 1 is 1.00 bits per heavy atom. The molecule has 0 amide bonds. The third kappa shape index (κ3) is 3.22. The van der Waals surface area contributed by atoms with Gasteiger partial charge in [0.15, 0.2) is 29.2 Å². The zero-order valence-corrected chi connectivity index (χ0v) is 17.1. The largest absolute Gasteiger partial charge is 0.493 e. The van der Waals surface area contributed by atoms with Crippen LogP contribution in [-0.4, -0.2) is 63.0 Å². The molecular weight excluding hydrogens is 388 g/mol. The molecule has 5 rings (SSSR count). The van der Waals surface area contributed by atoms with Gasteiger partial charge in [-0.15, -0.1) is 0 Å². The summed E-state index contributed by atoms with van der Waals surface area (Å²) in [5, 5.41) is 0. The molecule has 0 aromatic heterocycles. The number of hydrogen-bond donors (Lipinski definition) is 0. The average Bonchev–Trinajstić information content (AvgIpc) is 3.37. The maximum atomic E-state index is 12.5. The molecule has 8 nitrogen and oxygen atoms in total. The van der Waals surface area contributed by atoms with E-state index in [4.69, 9.17) is 23.7 Å². The van der Waals surface area contributed by atoms with Crippen molar-refractivity contribution in [2.45, 2.75) is 12.8 Å². The first kappa shape index (κ1) is 19.0. The molecule has 0 N–H and O–H groups in total. The van der Waals surface area contributed by atoms with Gasteiger partial charge in [-0.1, -0.05) is 6.07 Å². The molecule has 0 unspecified atom stereocenters. The van der Waals surface area contributed by atoms with Crippen molar-refractivity contribution in [2.75, 3.05) is 47.2 Å². The Bertz CT molecular complexity index is 970. The van der Waals surface area contributed by atoms with Crippen molar-refractivity contribution < 1.29 is 28.5 Å². The number of nitrogens with zero attached hydrogens (tertiary/aromatic N) is 2. The van der Waals surface area contributed by atoms with Crippen LogP contribution >= 0.6 is 0 Å². The number of hydrogen-bond acceptors (Lipinski definition) is 8. The molecule has 1 saturated heterocycles. The van der Waals surface area contributed by atoms with Gasteiger partial charge in [0.25, 0.3) is 0 Å². The number of carbonyl (C=O) groups is 1. The Morgan fingerprint density at radius 3 is 2.57 bits per heavy atom. The second kappa shape index (κ2) is 7.70. The van der Waals surface area contributed by atoms with Gasteiger partial charge in [-0.05, 0) is 29.8 Å². The fourth-order valence-electron chi connectivity index (χ4n) is 4.31. The summed E-state index contributed by atoms with van der Waals surface area (Å²) < 4.78 is 27.3. The number of carbonyl (C=O) groups excluding carboxylic acids is 1. The molecule has 30 heavy (non-hydrogen) atoms. The van der Waals surface area contributed by atoms with Gasteiger partial charge in [0.1, 0.15) is 5.56 Å². The Kier molecular flexibility index (Phi) is 4.88. The van der Waals surface area contributed by atoms with Crippen LogP contribution in [0.1, 0.15) is 27.7 Å². The van der Waals surface area contributed by atoms with E-state index in [9.17, 15) is 4.79 Å². The molecule has 8 heteroatoms. The maximum Gasteiger partial charge on any atom is 0.344 e. The minimum atomic E-state index is -0.389. The van der Waals surface area contributed by atoms with Crippen molar-refractivity contribution >= 4 is 5.97 Å². The minimum absolute atomic E-state index is 0.287. The highest BCUT2D eigenvalue weighted by atomic mass is 16.7. The average molecular weight is 412 g/mol. The predicted octanol–water partition coefficient (Wildman–Crippen LogP) is 2.42. The van der Waals surface area contributed by atoms with E-state index < -0.39 is 0 Å². The molecule has 1 fully saturated rings. The minimum Gasteiger partial charge on any atom is -0.493 e.